The van der Waals surface area contributed by atoms with Crippen molar-refractivity contribution in [2.75, 3.05) is 37.6 Å². The minimum Gasteiger partial charge on any atom is -0.365 e. The quantitative estimate of drug-likeness (QED) is 0.799. The van der Waals surface area contributed by atoms with Crippen LogP contribution in [0.25, 0.3) is 0 Å². The molecule has 1 aromatic rings. The molecule has 5 heteroatoms. The maximum atomic E-state index is 13.0. The van der Waals surface area contributed by atoms with Crippen molar-refractivity contribution >= 4 is 17.5 Å². The molecule has 1 aromatic carbocycles. The van der Waals surface area contributed by atoms with Gasteiger partial charge in [-0.1, -0.05) is 26.0 Å². The Labute approximate surface area is 163 Å². The lowest BCUT2D eigenvalue weighted by molar-refractivity contribution is -0.136. The molecule has 2 atom stereocenters. The molecular weight excluding hydrogens is 338 g/mol. The first-order chi connectivity index (χ1) is 12.8. The van der Waals surface area contributed by atoms with Gasteiger partial charge in [0.05, 0.1) is 5.92 Å². The van der Waals surface area contributed by atoms with E-state index in [-0.39, 0.29) is 23.8 Å². The van der Waals surface area contributed by atoms with Crippen LogP contribution in [0, 0.1) is 18.8 Å². The van der Waals surface area contributed by atoms with Gasteiger partial charge in [0, 0.05) is 50.9 Å². The summed E-state index contributed by atoms with van der Waals surface area (Å²) in [7, 11) is 0. The number of carbonyl (C=O) groups excluding carboxylic acids is 2. The lowest BCUT2D eigenvalue weighted by Gasteiger charge is -2.42. The molecule has 0 aromatic heterocycles. The lowest BCUT2D eigenvalue weighted by Crippen LogP contribution is -2.55. The van der Waals surface area contributed by atoms with E-state index in [1.807, 2.05) is 9.80 Å². The van der Waals surface area contributed by atoms with E-state index >= 15 is 0 Å². The fourth-order valence-corrected chi connectivity index (χ4v) is 4.17. The molecule has 0 radical (unpaired) electrons. The number of likely N-dealkylation sites (tertiary alicyclic amines) is 1. The second kappa shape index (κ2) is 8.32. The molecule has 0 bridgehead atoms. The van der Waals surface area contributed by atoms with Crippen LogP contribution >= 0.6 is 0 Å². The van der Waals surface area contributed by atoms with Crippen LogP contribution in [0.1, 0.15) is 39.2 Å². The summed E-state index contributed by atoms with van der Waals surface area (Å²) in [4.78, 5) is 31.5. The highest BCUT2D eigenvalue weighted by molar-refractivity contribution is 5.89. The van der Waals surface area contributed by atoms with Gasteiger partial charge in [0.2, 0.25) is 11.8 Å². The Hall–Kier alpha value is -2.04. The highest BCUT2D eigenvalue weighted by Crippen LogP contribution is 2.25. The third-order valence-corrected chi connectivity index (χ3v) is 5.81. The van der Waals surface area contributed by atoms with Crippen LogP contribution in [0.4, 0.5) is 5.69 Å². The molecule has 0 aliphatic carbocycles. The van der Waals surface area contributed by atoms with Gasteiger partial charge in [-0.2, -0.15) is 0 Å². The van der Waals surface area contributed by atoms with Gasteiger partial charge >= 0.3 is 0 Å². The summed E-state index contributed by atoms with van der Waals surface area (Å²) < 4.78 is 0. The molecule has 0 saturated carbocycles. The molecule has 0 unspecified atom stereocenters. The van der Waals surface area contributed by atoms with E-state index < -0.39 is 0 Å². The van der Waals surface area contributed by atoms with Gasteiger partial charge in [-0.25, -0.2) is 0 Å². The van der Waals surface area contributed by atoms with Crippen molar-refractivity contribution < 1.29 is 9.59 Å². The third kappa shape index (κ3) is 4.63. The summed E-state index contributed by atoms with van der Waals surface area (Å²) in [5.41, 5.74) is 2.48. The SMILES string of the molecule is Cc1cccc(N2CCN(C(=O)[C@H]3CC(=O)N(CCC(C)C)C3)C[C@H]2C)c1. The standard InChI is InChI=1S/C22H33N3O2/c1-16(2)8-9-23-15-19(13-21(23)26)22(27)24-10-11-25(18(4)14-24)20-7-5-6-17(3)12-20/h5-7,12,16,18-19H,8-11,13-15H2,1-4H3/t18-,19+/m1/s1. The number of nitrogens with zero attached hydrogens (tertiary/aromatic N) is 3. The Morgan fingerprint density at radius 2 is 2.00 bits per heavy atom. The van der Waals surface area contributed by atoms with Gasteiger partial charge in [0.15, 0.2) is 0 Å². The summed E-state index contributed by atoms with van der Waals surface area (Å²) in [6.07, 6.45) is 1.38. The molecule has 2 aliphatic heterocycles. The van der Waals surface area contributed by atoms with E-state index in [0.29, 0.717) is 18.9 Å². The number of hydrogen-bond donors (Lipinski definition) is 0. The maximum Gasteiger partial charge on any atom is 0.228 e. The second-order valence-corrected chi connectivity index (χ2v) is 8.59. The number of amides is 2. The van der Waals surface area contributed by atoms with Crippen molar-refractivity contribution in [2.45, 2.75) is 46.6 Å². The van der Waals surface area contributed by atoms with E-state index in [9.17, 15) is 9.59 Å². The number of aryl methyl sites for hydroxylation is 1. The molecule has 148 valence electrons. The van der Waals surface area contributed by atoms with Gasteiger partial charge in [-0.3, -0.25) is 9.59 Å². The predicted molar refractivity (Wildman–Crippen MR) is 109 cm³/mol. The highest BCUT2D eigenvalue weighted by Gasteiger charge is 2.38. The van der Waals surface area contributed by atoms with Crippen LogP contribution in [0.5, 0.6) is 0 Å². The fraction of sp³-hybridized carbons (Fsp3) is 0.636. The zero-order chi connectivity index (χ0) is 19.6. The first-order valence-corrected chi connectivity index (χ1v) is 10.2. The number of piperazine rings is 1. The van der Waals surface area contributed by atoms with Crippen molar-refractivity contribution in [1.29, 1.82) is 0 Å². The second-order valence-electron chi connectivity index (χ2n) is 8.59. The monoisotopic (exact) mass is 371 g/mol. The van der Waals surface area contributed by atoms with E-state index in [2.05, 4.69) is 56.9 Å². The molecule has 2 heterocycles. The van der Waals surface area contributed by atoms with Crippen molar-refractivity contribution in [3.05, 3.63) is 29.8 Å². The molecule has 0 N–H and O–H groups in total. The van der Waals surface area contributed by atoms with E-state index in [1.165, 1.54) is 11.3 Å². The van der Waals surface area contributed by atoms with Crippen LogP contribution in [-0.2, 0) is 9.59 Å². The highest BCUT2D eigenvalue weighted by atomic mass is 16.2. The van der Waals surface area contributed by atoms with Crippen LogP contribution in [0.2, 0.25) is 0 Å². The number of hydrogen-bond acceptors (Lipinski definition) is 3. The van der Waals surface area contributed by atoms with Gasteiger partial charge < -0.3 is 14.7 Å². The summed E-state index contributed by atoms with van der Waals surface area (Å²) in [6, 6.07) is 8.82. The van der Waals surface area contributed by atoms with Crippen LogP contribution in [0.3, 0.4) is 0 Å². The van der Waals surface area contributed by atoms with Crippen molar-refractivity contribution in [1.82, 2.24) is 9.80 Å². The Kier molecular flexibility index (Phi) is 6.08. The largest absolute Gasteiger partial charge is 0.365 e. The minimum absolute atomic E-state index is 0.139. The van der Waals surface area contributed by atoms with Crippen molar-refractivity contribution in [3.63, 3.8) is 0 Å². The molecule has 2 saturated heterocycles. The van der Waals surface area contributed by atoms with Gasteiger partial charge in [0.1, 0.15) is 0 Å². The summed E-state index contributed by atoms with van der Waals surface area (Å²) in [6.45, 7) is 12.3. The number of benzene rings is 1. The smallest absolute Gasteiger partial charge is 0.228 e. The van der Waals surface area contributed by atoms with Crippen LogP contribution in [-0.4, -0.2) is 60.4 Å². The molecule has 2 fully saturated rings. The van der Waals surface area contributed by atoms with E-state index in [4.69, 9.17) is 0 Å². The van der Waals surface area contributed by atoms with Crippen LogP contribution in [0.15, 0.2) is 24.3 Å². The average molecular weight is 372 g/mol. The van der Waals surface area contributed by atoms with Crippen molar-refractivity contribution in [2.24, 2.45) is 11.8 Å². The number of carbonyl (C=O) groups is 2. The molecular formula is C22H33N3O2. The molecule has 5 nitrogen and oxygen atoms in total. The molecule has 2 amide bonds. The molecule has 3 rings (SSSR count). The number of rotatable bonds is 5. The normalized spacial score (nSPS) is 23.4. The zero-order valence-corrected chi connectivity index (χ0v) is 17.1. The van der Waals surface area contributed by atoms with Crippen LogP contribution < -0.4 is 4.90 Å². The Morgan fingerprint density at radius 1 is 1.22 bits per heavy atom. The van der Waals surface area contributed by atoms with Gasteiger partial charge in [0.25, 0.3) is 0 Å². The molecule has 27 heavy (non-hydrogen) atoms. The average Bonchev–Trinajstić information content (AvgIpc) is 3.00. The topological polar surface area (TPSA) is 43.9 Å². The molecule has 2 aliphatic rings. The predicted octanol–water partition coefficient (Wildman–Crippen LogP) is 2.93. The first kappa shape index (κ1) is 19.7. The Balaban J connectivity index is 1.57. The summed E-state index contributed by atoms with van der Waals surface area (Å²) in [5.74, 6) is 0.706. The molecule has 0 spiro atoms. The summed E-state index contributed by atoms with van der Waals surface area (Å²) >= 11 is 0. The first-order valence-electron chi connectivity index (χ1n) is 10.2. The Morgan fingerprint density at radius 3 is 2.67 bits per heavy atom. The summed E-state index contributed by atoms with van der Waals surface area (Å²) in [5, 5.41) is 0. The Bertz CT molecular complexity index is 688. The third-order valence-electron chi connectivity index (χ3n) is 5.81. The number of anilines is 1. The zero-order valence-electron chi connectivity index (χ0n) is 17.1. The van der Waals surface area contributed by atoms with Gasteiger partial charge in [-0.15, -0.1) is 0 Å². The van der Waals surface area contributed by atoms with E-state index in [1.54, 1.807) is 0 Å². The lowest BCUT2D eigenvalue weighted by atomic mass is 10.0. The van der Waals surface area contributed by atoms with E-state index in [0.717, 1.165) is 32.6 Å². The van der Waals surface area contributed by atoms with Crippen molar-refractivity contribution in [3.8, 4) is 0 Å². The van der Waals surface area contributed by atoms with Gasteiger partial charge in [-0.05, 0) is 43.9 Å². The maximum absolute atomic E-state index is 13.0. The fourth-order valence-electron chi connectivity index (χ4n) is 4.17. The minimum atomic E-state index is -0.164.